The van der Waals surface area contributed by atoms with Gasteiger partial charge in [-0.05, 0) is 48.7 Å². The summed E-state index contributed by atoms with van der Waals surface area (Å²) in [7, 11) is 0. The molecule has 0 bridgehead atoms. The van der Waals surface area contributed by atoms with Crippen molar-refractivity contribution >= 4 is 46.8 Å². The Labute approximate surface area is 183 Å². The van der Waals surface area contributed by atoms with Crippen LogP contribution in [0, 0.1) is 6.92 Å². The van der Waals surface area contributed by atoms with E-state index >= 15 is 0 Å². The van der Waals surface area contributed by atoms with Gasteiger partial charge in [-0.25, -0.2) is 0 Å². The van der Waals surface area contributed by atoms with Crippen LogP contribution in [0.2, 0.25) is 10.0 Å². The van der Waals surface area contributed by atoms with E-state index in [1.54, 1.807) is 37.3 Å². The van der Waals surface area contributed by atoms with Crippen LogP contribution in [0.25, 0.3) is 0 Å². The normalized spacial score (nSPS) is 16.0. The van der Waals surface area contributed by atoms with Crippen molar-refractivity contribution < 1.29 is 19.2 Å². The van der Waals surface area contributed by atoms with E-state index in [0.717, 1.165) is 5.56 Å². The molecule has 1 atom stereocenters. The minimum Gasteiger partial charge on any atom is -0.348 e. The molecule has 1 unspecified atom stereocenters. The predicted molar refractivity (Wildman–Crippen MR) is 112 cm³/mol. The van der Waals surface area contributed by atoms with Gasteiger partial charge in [-0.1, -0.05) is 35.3 Å². The van der Waals surface area contributed by atoms with Gasteiger partial charge >= 0.3 is 0 Å². The highest BCUT2D eigenvalue weighted by molar-refractivity contribution is 6.42. The molecule has 9 heteroatoms. The molecule has 7 nitrogen and oxygen atoms in total. The van der Waals surface area contributed by atoms with Crippen LogP contribution < -0.4 is 16.0 Å². The number of carbonyl (C=O) groups excluding carboxylic acids is 4. The lowest BCUT2D eigenvalue weighted by Crippen LogP contribution is -2.52. The molecule has 156 valence electrons. The molecule has 2 aromatic rings. The standard InChI is InChI=1S/C21H19Cl2N3O4/c1-11-8-12(10-24-19(28)13-3-5-15(22)16(23)9-13)2-4-14(11)20(29)25-17-6-7-18(27)26-21(17)30/h2-5,8-9,17H,6-7,10H2,1H3,(H,24,28)(H,25,29)(H,26,27,30). The molecular weight excluding hydrogens is 429 g/mol. The summed E-state index contributed by atoms with van der Waals surface area (Å²) in [5, 5.41) is 8.32. The minimum absolute atomic E-state index is 0.188. The van der Waals surface area contributed by atoms with E-state index in [1.807, 2.05) is 0 Å². The predicted octanol–water partition coefficient (Wildman–Crippen LogP) is 2.77. The average Bonchev–Trinajstić information content (AvgIpc) is 2.70. The fourth-order valence-electron chi connectivity index (χ4n) is 3.08. The average molecular weight is 448 g/mol. The number of hydrogen-bond acceptors (Lipinski definition) is 4. The summed E-state index contributed by atoms with van der Waals surface area (Å²) < 4.78 is 0. The number of benzene rings is 2. The second-order valence-electron chi connectivity index (χ2n) is 6.94. The van der Waals surface area contributed by atoms with Crippen LogP contribution in [0.3, 0.4) is 0 Å². The first-order valence-corrected chi connectivity index (χ1v) is 9.97. The number of aryl methyl sites for hydroxylation is 1. The number of hydrogen-bond donors (Lipinski definition) is 3. The molecule has 3 N–H and O–H groups in total. The smallest absolute Gasteiger partial charge is 0.252 e. The molecule has 4 amide bonds. The van der Waals surface area contributed by atoms with E-state index < -0.39 is 17.9 Å². The Morgan fingerprint density at radius 3 is 2.50 bits per heavy atom. The Balaban J connectivity index is 1.61. The summed E-state index contributed by atoms with van der Waals surface area (Å²) in [6, 6.07) is 9.04. The second kappa shape index (κ2) is 9.28. The number of rotatable bonds is 5. The van der Waals surface area contributed by atoms with E-state index in [4.69, 9.17) is 23.2 Å². The van der Waals surface area contributed by atoms with Gasteiger partial charge in [0.1, 0.15) is 6.04 Å². The summed E-state index contributed by atoms with van der Waals surface area (Å²) in [5.41, 5.74) is 2.31. The van der Waals surface area contributed by atoms with Crippen molar-refractivity contribution in [1.29, 1.82) is 0 Å². The number of piperidine rings is 1. The first-order chi connectivity index (χ1) is 14.2. The van der Waals surface area contributed by atoms with Crippen LogP contribution in [-0.4, -0.2) is 29.7 Å². The first-order valence-electron chi connectivity index (χ1n) is 9.22. The molecule has 1 saturated heterocycles. The lowest BCUT2D eigenvalue weighted by molar-refractivity contribution is -0.134. The van der Waals surface area contributed by atoms with Crippen LogP contribution >= 0.6 is 23.2 Å². The maximum absolute atomic E-state index is 12.5. The van der Waals surface area contributed by atoms with Crippen molar-refractivity contribution in [1.82, 2.24) is 16.0 Å². The van der Waals surface area contributed by atoms with Gasteiger partial charge in [0.2, 0.25) is 11.8 Å². The molecule has 1 heterocycles. The number of carbonyl (C=O) groups is 4. The van der Waals surface area contributed by atoms with Gasteiger partial charge in [-0.15, -0.1) is 0 Å². The highest BCUT2D eigenvalue weighted by Gasteiger charge is 2.28. The SMILES string of the molecule is Cc1cc(CNC(=O)c2ccc(Cl)c(Cl)c2)ccc1C(=O)NC1CCC(=O)NC1=O. The molecule has 1 fully saturated rings. The van der Waals surface area contributed by atoms with Crippen molar-refractivity contribution in [3.05, 3.63) is 68.7 Å². The minimum atomic E-state index is -0.736. The second-order valence-corrected chi connectivity index (χ2v) is 7.75. The first kappa shape index (κ1) is 21.8. The van der Waals surface area contributed by atoms with Crippen molar-refractivity contribution in [3.8, 4) is 0 Å². The van der Waals surface area contributed by atoms with E-state index in [0.29, 0.717) is 26.7 Å². The van der Waals surface area contributed by atoms with Crippen molar-refractivity contribution in [2.45, 2.75) is 32.4 Å². The van der Waals surface area contributed by atoms with Gasteiger partial charge in [0.05, 0.1) is 10.0 Å². The van der Waals surface area contributed by atoms with Crippen LogP contribution in [-0.2, 0) is 16.1 Å². The zero-order chi connectivity index (χ0) is 21.8. The molecule has 0 radical (unpaired) electrons. The van der Waals surface area contributed by atoms with Gasteiger partial charge in [0, 0.05) is 24.1 Å². The Bertz CT molecular complexity index is 1040. The molecule has 0 aromatic heterocycles. The fourth-order valence-corrected chi connectivity index (χ4v) is 3.38. The number of halogens is 2. The van der Waals surface area contributed by atoms with E-state index in [1.165, 1.54) is 6.07 Å². The van der Waals surface area contributed by atoms with E-state index in [2.05, 4.69) is 16.0 Å². The highest BCUT2D eigenvalue weighted by Crippen LogP contribution is 2.22. The Morgan fingerprint density at radius 1 is 1.07 bits per heavy atom. The lowest BCUT2D eigenvalue weighted by Gasteiger charge is -2.22. The summed E-state index contributed by atoms with van der Waals surface area (Å²) >= 11 is 11.8. The van der Waals surface area contributed by atoms with E-state index in [-0.39, 0.29) is 31.2 Å². The molecule has 0 saturated carbocycles. The van der Waals surface area contributed by atoms with Gasteiger partial charge in [0.15, 0.2) is 0 Å². The van der Waals surface area contributed by atoms with Crippen LogP contribution in [0.4, 0.5) is 0 Å². The summed E-state index contributed by atoms with van der Waals surface area (Å²) in [4.78, 5) is 47.8. The molecule has 2 aromatic carbocycles. The number of amides is 4. The quantitative estimate of drug-likeness (QED) is 0.612. The molecule has 0 spiro atoms. The zero-order valence-electron chi connectivity index (χ0n) is 16.1. The van der Waals surface area contributed by atoms with Crippen molar-refractivity contribution in [3.63, 3.8) is 0 Å². The molecule has 1 aliphatic rings. The van der Waals surface area contributed by atoms with Gasteiger partial charge in [0.25, 0.3) is 11.8 Å². The largest absolute Gasteiger partial charge is 0.348 e. The van der Waals surface area contributed by atoms with Crippen LogP contribution in [0.1, 0.15) is 44.7 Å². The van der Waals surface area contributed by atoms with Gasteiger partial charge in [-0.3, -0.25) is 24.5 Å². The summed E-state index contributed by atoms with van der Waals surface area (Å²) in [6.07, 6.45) is 0.460. The third-order valence-corrected chi connectivity index (χ3v) is 5.45. The lowest BCUT2D eigenvalue weighted by atomic mass is 10.0. The third-order valence-electron chi connectivity index (χ3n) is 4.71. The van der Waals surface area contributed by atoms with Crippen molar-refractivity contribution in [2.75, 3.05) is 0 Å². The highest BCUT2D eigenvalue weighted by atomic mass is 35.5. The topological polar surface area (TPSA) is 104 Å². The molecule has 1 aliphatic heterocycles. The van der Waals surface area contributed by atoms with Gasteiger partial charge < -0.3 is 10.6 Å². The van der Waals surface area contributed by atoms with Crippen LogP contribution in [0.5, 0.6) is 0 Å². The van der Waals surface area contributed by atoms with E-state index in [9.17, 15) is 19.2 Å². The molecule has 30 heavy (non-hydrogen) atoms. The number of imide groups is 1. The molecular formula is C21H19Cl2N3O4. The van der Waals surface area contributed by atoms with Gasteiger partial charge in [-0.2, -0.15) is 0 Å². The Hall–Kier alpha value is -2.90. The summed E-state index contributed by atoms with van der Waals surface area (Å²) in [5.74, 6) is -1.54. The maximum atomic E-state index is 12.5. The zero-order valence-corrected chi connectivity index (χ0v) is 17.6. The molecule has 0 aliphatic carbocycles. The maximum Gasteiger partial charge on any atom is 0.252 e. The fraction of sp³-hybridized carbons (Fsp3) is 0.238. The monoisotopic (exact) mass is 447 g/mol. The molecule has 3 rings (SSSR count). The Kier molecular flexibility index (Phi) is 6.74. The Morgan fingerprint density at radius 2 is 1.83 bits per heavy atom. The number of nitrogens with one attached hydrogen (secondary N) is 3. The van der Waals surface area contributed by atoms with Crippen molar-refractivity contribution in [2.24, 2.45) is 0 Å². The van der Waals surface area contributed by atoms with Crippen LogP contribution in [0.15, 0.2) is 36.4 Å². The third kappa shape index (κ3) is 5.17. The summed E-state index contributed by atoms with van der Waals surface area (Å²) in [6.45, 7) is 2.03.